The minimum absolute atomic E-state index is 0.0252. The molecule has 3 aromatic rings. The minimum Gasteiger partial charge on any atom is -0.502 e. The van der Waals surface area contributed by atoms with Gasteiger partial charge in [-0.1, -0.05) is 43.3 Å². The zero-order valence-corrected chi connectivity index (χ0v) is 20.5. The number of aryl methyl sites for hydroxylation is 1. The first-order valence-corrected chi connectivity index (χ1v) is 11.7. The maximum absolute atomic E-state index is 12.8. The van der Waals surface area contributed by atoms with E-state index in [1.54, 1.807) is 17.7 Å². The van der Waals surface area contributed by atoms with Crippen LogP contribution < -0.4 is 10.6 Å². The number of benzene rings is 2. The highest BCUT2D eigenvalue weighted by Crippen LogP contribution is 2.29. The molecule has 0 bridgehead atoms. The molecule has 1 heterocycles. The summed E-state index contributed by atoms with van der Waals surface area (Å²) in [5.74, 6) is -0.554. The van der Waals surface area contributed by atoms with Gasteiger partial charge in [-0.25, -0.2) is 0 Å². The molecule has 0 aliphatic heterocycles. The number of carbonyl (C=O) groups is 2. The fourth-order valence-corrected chi connectivity index (χ4v) is 4.06. The van der Waals surface area contributed by atoms with Crippen LogP contribution in [0.1, 0.15) is 41.6 Å². The van der Waals surface area contributed by atoms with E-state index in [0.29, 0.717) is 16.5 Å². The van der Waals surface area contributed by atoms with Crippen LogP contribution in [0.4, 0.5) is 11.4 Å². The van der Waals surface area contributed by atoms with Gasteiger partial charge in [0, 0.05) is 24.4 Å². The Labute approximate surface area is 206 Å². The summed E-state index contributed by atoms with van der Waals surface area (Å²) < 4.78 is 1.73. The zero-order chi connectivity index (χ0) is 25.7. The molecule has 0 saturated carbocycles. The van der Waals surface area contributed by atoms with Gasteiger partial charge < -0.3 is 20.3 Å². The standard InChI is InChI=1S/C23H26N6O5S/c1-13(2)20(25-22(32)15-7-5-6-14(3)10-15)21-26-27-23(28(21)4)35-12-19(31)24-16-8-9-18(30)17(11-16)29(33)34/h5-11,13,20,30H,12H2,1-4H3,(H,24,31)(H,25,32)/t20-/m0/s1. The number of phenolic OH excluding ortho intramolecular Hbond substituents is 1. The van der Waals surface area contributed by atoms with Crippen LogP contribution in [-0.2, 0) is 11.8 Å². The van der Waals surface area contributed by atoms with Gasteiger partial charge in [0.05, 0.1) is 16.7 Å². The van der Waals surface area contributed by atoms with Gasteiger partial charge in [0.1, 0.15) is 0 Å². The van der Waals surface area contributed by atoms with Gasteiger partial charge in [-0.2, -0.15) is 0 Å². The van der Waals surface area contributed by atoms with Crippen LogP contribution in [0.5, 0.6) is 5.75 Å². The van der Waals surface area contributed by atoms with E-state index in [1.807, 2.05) is 39.0 Å². The normalized spacial score (nSPS) is 11.8. The molecule has 0 saturated heterocycles. The van der Waals surface area contributed by atoms with E-state index >= 15 is 0 Å². The summed E-state index contributed by atoms with van der Waals surface area (Å²) in [5, 5.41) is 35.0. The van der Waals surface area contributed by atoms with Gasteiger partial charge in [0.25, 0.3) is 5.91 Å². The van der Waals surface area contributed by atoms with Gasteiger partial charge in [-0.3, -0.25) is 19.7 Å². The number of thioether (sulfide) groups is 1. The molecule has 0 fully saturated rings. The number of rotatable bonds is 9. The summed E-state index contributed by atoms with van der Waals surface area (Å²) in [4.78, 5) is 35.4. The number of amides is 2. The number of aromatic hydroxyl groups is 1. The van der Waals surface area contributed by atoms with Crippen LogP contribution >= 0.6 is 11.8 Å². The van der Waals surface area contributed by atoms with Crippen molar-refractivity contribution in [3.05, 3.63) is 69.5 Å². The molecule has 11 nitrogen and oxygen atoms in total. The zero-order valence-electron chi connectivity index (χ0n) is 19.7. The van der Waals surface area contributed by atoms with Gasteiger partial charge >= 0.3 is 5.69 Å². The van der Waals surface area contributed by atoms with Crippen LogP contribution in [0.3, 0.4) is 0 Å². The van der Waals surface area contributed by atoms with E-state index < -0.39 is 28.3 Å². The first-order valence-electron chi connectivity index (χ1n) is 10.7. The molecule has 2 aromatic carbocycles. The third-order valence-corrected chi connectivity index (χ3v) is 6.19. The number of anilines is 1. The van der Waals surface area contributed by atoms with Gasteiger partial charge in [-0.05, 0) is 37.1 Å². The lowest BCUT2D eigenvalue weighted by molar-refractivity contribution is -0.385. The summed E-state index contributed by atoms with van der Waals surface area (Å²) >= 11 is 1.14. The number of nitrogens with zero attached hydrogens (tertiary/aromatic N) is 4. The van der Waals surface area contributed by atoms with Crippen molar-refractivity contribution in [1.82, 2.24) is 20.1 Å². The van der Waals surface area contributed by atoms with Crippen molar-refractivity contribution in [3.8, 4) is 5.75 Å². The molecule has 2 amide bonds. The van der Waals surface area contributed by atoms with Crippen molar-refractivity contribution in [1.29, 1.82) is 0 Å². The molecule has 35 heavy (non-hydrogen) atoms. The van der Waals surface area contributed by atoms with Crippen LogP contribution in [0.2, 0.25) is 0 Å². The van der Waals surface area contributed by atoms with Gasteiger partial charge in [0.2, 0.25) is 5.91 Å². The largest absolute Gasteiger partial charge is 0.502 e. The van der Waals surface area contributed by atoms with Gasteiger partial charge in [-0.15, -0.1) is 10.2 Å². The van der Waals surface area contributed by atoms with E-state index in [2.05, 4.69) is 20.8 Å². The van der Waals surface area contributed by atoms with E-state index in [1.165, 1.54) is 6.07 Å². The van der Waals surface area contributed by atoms with Crippen molar-refractivity contribution >= 4 is 35.0 Å². The number of aromatic nitrogens is 3. The number of hydrogen-bond acceptors (Lipinski definition) is 8. The number of nitro groups is 1. The van der Waals surface area contributed by atoms with Crippen molar-refractivity contribution in [2.24, 2.45) is 13.0 Å². The first kappa shape index (κ1) is 25.7. The smallest absolute Gasteiger partial charge is 0.312 e. The summed E-state index contributed by atoms with van der Waals surface area (Å²) in [6, 6.07) is 10.5. The van der Waals surface area contributed by atoms with Crippen molar-refractivity contribution < 1.29 is 19.6 Å². The van der Waals surface area contributed by atoms with Gasteiger partial charge in [0.15, 0.2) is 16.7 Å². The molecule has 0 aliphatic rings. The maximum atomic E-state index is 12.8. The quantitative estimate of drug-likeness (QED) is 0.175. The lowest BCUT2D eigenvalue weighted by atomic mass is 10.0. The molecule has 0 unspecified atom stereocenters. The molecule has 1 atom stereocenters. The molecular weight excluding hydrogens is 472 g/mol. The summed E-state index contributed by atoms with van der Waals surface area (Å²) in [6.45, 7) is 5.85. The number of phenols is 1. The van der Waals surface area contributed by atoms with E-state index in [4.69, 9.17) is 0 Å². The average Bonchev–Trinajstić information content (AvgIpc) is 3.16. The Morgan fingerprint density at radius 3 is 2.60 bits per heavy atom. The molecule has 0 spiro atoms. The minimum atomic E-state index is -0.732. The fraction of sp³-hybridized carbons (Fsp3) is 0.304. The molecule has 3 N–H and O–H groups in total. The van der Waals surface area contributed by atoms with Crippen molar-refractivity contribution in [3.63, 3.8) is 0 Å². The third kappa shape index (κ3) is 6.35. The molecular formula is C23H26N6O5S. The average molecular weight is 499 g/mol. The Morgan fingerprint density at radius 2 is 1.94 bits per heavy atom. The van der Waals surface area contributed by atoms with E-state index in [0.717, 1.165) is 29.5 Å². The van der Waals surface area contributed by atoms with Crippen molar-refractivity contribution in [2.75, 3.05) is 11.1 Å². The lowest BCUT2D eigenvalue weighted by Crippen LogP contribution is -2.33. The highest BCUT2D eigenvalue weighted by atomic mass is 32.2. The summed E-state index contributed by atoms with van der Waals surface area (Å²) in [5.41, 5.74) is 1.23. The lowest BCUT2D eigenvalue weighted by Gasteiger charge is -2.21. The van der Waals surface area contributed by atoms with Crippen LogP contribution in [0.25, 0.3) is 0 Å². The number of nitrogens with one attached hydrogen (secondary N) is 2. The Hall–Kier alpha value is -3.93. The topological polar surface area (TPSA) is 152 Å². The molecule has 12 heteroatoms. The molecule has 0 radical (unpaired) electrons. The molecule has 184 valence electrons. The Balaban J connectivity index is 1.67. The number of nitro benzene ring substituents is 1. The maximum Gasteiger partial charge on any atom is 0.312 e. The van der Waals surface area contributed by atoms with Crippen LogP contribution in [0.15, 0.2) is 47.6 Å². The third-order valence-electron chi connectivity index (χ3n) is 5.17. The molecule has 3 rings (SSSR count). The second kappa shape index (κ2) is 11.0. The highest BCUT2D eigenvalue weighted by molar-refractivity contribution is 7.99. The predicted octanol–water partition coefficient (Wildman–Crippen LogP) is 3.60. The Morgan fingerprint density at radius 1 is 1.20 bits per heavy atom. The second-order valence-electron chi connectivity index (χ2n) is 8.26. The summed E-state index contributed by atoms with van der Waals surface area (Å²) in [6.07, 6.45) is 0. The van der Waals surface area contributed by atoms with E-state index in [-0.39, 0.29) is 23.3 Å². The highest BCUT2D eigenvalue weighted by Gasteiger charge is 2.25. The first-order chi connectivity index (χ1) is 16.6. The molecule has 0 aliphatic carbocycles. The second-order valence-corrected chi connectivity index (χ2v) is 9.20. The van der Waals surface area contributed by atoms with Crippen LogP contribution in [0, 0.1) is 23.0 Å². The SMILES string of the molecule is Cc1cccc(C(=O)N[C@H](c2nnc(SCC(=O)Nc3ccc(O)c([N+](=O)[O-])c3)n2C)C(C)C)c1. The predicted molar refractivity (Wildman–Crippen MR) is 131 cm³/mol. The Bertz CT molecular complexity index is 1260. The Kier molecular flexibility index (Phi) is 8.07. The molecule has 1 aromatic heterocycles. The number of carbonyl (C=O) groups excluding carboxylic acids is 2. The van der Waals surface area contributed by atoms with E-state index in [9.17, 15) is 24.8 Å². The fourth-order valence-electron chi connectivity index (χ4n) is 3.34. The number of hydrogen-bond donors (Lipinski definition) is 3. The monoisotopic (exact) mass is 498 g/mol. The van der Waals surface area contributed by atoms with Crippen LogP contribution in [-0.4, -0.2) is 42.4 Å². The van der Waals surface area contributed by atoms with Crippen molar-refractivity contribution in [2.45, 2.75) is 32.0 Å². The summed E-state index contributed by atoms with van der Waals surface area (Å²) in [7, 11) is 1.76.